The molecule has 33 heavy (non-hydrogen) atoms. The summed E-state index contributed by atoms with van der Waals surface area (Å²) in [5, 5.41) is 6.75. The topological polar surface area (TPSA) is 114 Å². The third kappa shape index (κ3) is 5.05. The van der Waals surface area contributed by atoms with Crippen molar-refractivity contribution in [3.63, 3.8) is 0 Å². The highest BCUT2D eigenvalue weighted by atomic mass is 16.5. The van der Waals surface area contributed by atoms with E-state index in [1.165, 1.54) is 27.4 Å². The molecule has 0 aliphatic rings. The Balaban J connectivity index is 2.23. The standard InChI is InChI=1S/C23H26N4O6/c1-14(2)24-21(28)20-22(29)26(13-15-7-6-8-17(11-15)31-3)23(30)27(25-20)16-9-10-18(32-4)19(12-16)33-5/h6-12,14H,13H2,1-5H3,(H,24,28). The average molecular weight is 454 g/mol. The van der Waals surface area contributed by atoms with E-state index >= 15 is 0 Å². The molecule has 0 fully saturated rings. The fraction of sp³-hybridized carbons (Fsp3) is 0.304. The minimum Gasteiger partial charge on any atom is -0.497 e. The molecule has 0 aliphatic carbocycles. The molecule has 2 aromatic carbocycles. The predicted octanol–water partition coefficient (Wildman–Crippen LogP) is 1.61. The fourth-order valence-corrected chi connectivity index (χ4v) is 3.21. The zero-order valence-corrected chi connectivity index (χ0v) is 19.1. The van der Waals surface area contributed by atoms with Gasteiger partial charge in [-0.25, -0.2) is 4.79 Å². The zero-order chi connectivity index (χ0) is 24.1. The molecule has 0 aliphatic heterocycles. The lowest BCUT2D eigenvalue weighted by Crippen LogP contribution is -2.46. The Morgan fingerprint density at radius 3 is 2.36 bits per heavy atom. The number of amides is 1. The van der Waals surface area contributed by atoms with E-state index in [1.807, 2.05) is 0 Å². The van der Waals surface area contributed by atoms with Gasteiger partial charge in [-0.15, -0.1) is 0 Å². The van der Waals surface area contributed by atoms with E-state index in [4.69, 9.17) is 14.2 Å². The van der Waals surface area contributed by atoms with Crippen LogP contribution < -0.4 is 30.8 Å². The van der Waals surface area contributed by atoms with Gasteiger partial charge in [-0.2, -0.15) is 9.78 Å². The first kappa shape index (κ1) is 23.6. The molecule has 0 spiro atoms. The first-order chi connectivity index (χ1) is 15.8. The molecule has 10 heteroatoms. The second-order valence-corrected chi connectivity index (χ2v) is 7.45. The van der Waals surface area contributed by atoms with Crippen molar-refractivity contribution in [3.05, 3.63) is 74.6 Å². The highest BCUT2D eigenvalue weighted by Gasteiger charge is 2.21. The molecule has 0 saturated heterocycles. The molecule has 1 aromatic heterocycles. The SMILES string of the molecule is COc1cccc(Cn2c(=O)c(C(=O)NC(C)C)nn(-c3ccc(OC)c(OC)c3)c2=O)c1. The van der Waals surface area contributed by atoms with Gasteiger partial charge in [0.05, 0.1) is 33.6 Å². The van der Waals surface area contributed by atoms with Crippen LogP contribution in [0.15, 0.2) is 52.1 Å². The highest BCUT2D eigenvalue weighted by Crippen LogP contribution is 2.28. The summed E-state index contributed by atoms with van der Waals surface area (Å²) in [5.74, 6) is 0.718. The summed E-state index contributed by atoms with van der Waals surface area (Å²) in [6, 6.07) is 11.5. The molecule has 3 aromatic rings. The van der Waals surface area contributed by atoms with Crippen LogP contribution in [-0.4, -0.2) is 47.6 Å². The largest absolute Gasteiger partial charge is 0.497 e. The van der Waals surface area contributed by atoms with Crippen molar-refractivity contribution in [2.24, 2.45) is 0 Å². The molecule has 1 amide bonds. The number of rotatable bonds is 8. The maximum Gasteiger partial charge on any atom is 0.352 e. The minimum absolute atomic E-state index is 0.0768. The van der Waals surface area contributed by atoms with Gasteiger partial charge >= 0.3 is 5.69 Å². The molecule has 0 unspecified atom stereocenters. The van der Waals surface area contributed by atoms with Gasteiger partial charge in [-0.3, -0.25) is 14.2 Å². The van der Waals surface area contributed by atoms with Gasteiger partial charge in [-0.05, 0) is 43.7 Å². The van der Waals surface area contributed by atoms with E-state index in [9.17, 15) is 14.4 Å². The summed E-state index contributed by atoms with van der Waals surface area (Å²) in [6.45, 7) is 3.45. The number of aromatic nitrogens is 3. The van der Waals surface area contributed by atoms with Gasteiger partial charge in [0.25, 0.3) is 11.5 Å². The first-order valence-electron chi connectivity index (χ1n) is 10.2. The van der Waals surface area contributed by atoms with E-state index in [1.54, 1.807) is 50.2 Å². The lowest BCUT2D eigenvalue weighted by molar-refractivity contribution is 0.0933. The lowest BCUT2D eigenvalue weighted by atomic mass is 10.2. The third-order valence-electron chi connectivity index (χ3n) is 4.78. The van der Waals surface area contributed by atoms with Crippen LogP contribution >= 0.6 is 0 Å². The van der Waals surface area contributed by atoms with Crippen molar-refractivity contribution in [2.45, 2.75) is 26.4 Å². The first-order valence-corrected chi connectivity index (χ1v) is 10.2. The Labute approximate surface area is 190 Å². The van der Waals surface area contributed by atoms with E-state index in [-0.39, 0.29) is 12.6 Å². The quantitative estimate of drug-likeness (QED) is 0.550. The molecule has 3 rings (SSSR count). The molecule has 1 N–H and O–H groups in total. The Bertz CT molecular complexity index is 1280. The number of carbonyl (C=O) groups is 1. The highest BCUT2D eigenvalue weighted by molar-refractivity contribution is 5.91. The van der Waals surface area contributed by atoms with Crippen LogP contribution in [0.4, 0.5) is 0 Å². The number of hydrogen-bond donors (Lipinski definition) is 1. The second-order valence-electron chi connectivity index (χ2n) is 7.45. The van der Waals surface area contributed by atoms with Crippen molar-refractivity contribution in [3.8, 4) is 22.9 Å². The Morgan fingerprint density at radius 1 is 1.00 bits per heavy atom. The van der Waals surface area contributed by atoms with Crippen molar-refractivity contribution in [2.75, 3.05) is 21.3 Å². The van der Waals surface area contributed by atoms with Crippen LogP contribution in [0.5, 0.6) is 17.2 Å². The summed E-state index contributed by atoms with van der Waals surface area (Å²) in [7, 11) is 4.48. The molecular formula is C23H26N4O6. The van der Waals surface area contributed by atoms with Crippen molar-refractivity contribution < 1.29 is 19.0 Å². The summed E-state index contributed by atoms with van der Waals surface area (Å²) in [6.07, 6.45) is 0. The normalized spacial score (nSPS) is 10.7. The van der Waals surface area contributed by atoms with Gasteiger partial charge in [0, 0.05) is 12.1 Å². The van der Waals surface area contributed by atoms with Crippen LogP contribution in [0.3, 0.4) is 0 Å². The summed E-state index contributed by atoms with van der Waals surface area (Å²) < 4.78 is 17.7. The second kappa shape index (κ2) is 10.0. The molecule has 0 radical (unpaired) electrons. The smallest absolute Gasteiger partial charge is 0.352 e. The number of nitrogens with zero attached hydrogens (tertiary/aromatic N) is 3. The van der Waals surface area contributed by atoms with Gasteiger partial charge in [0.15, 0.2) is 11.5 Å². The van der Waals surface area contributed by atoms with Crippen LogP contribution in [0.2, 0.25) is 0 Å². The predicted molar refractivity (Wildman–Crippen MR) is 122 cm³/mol. The van der Waals surface area contributed by atoms with E-state index < -0.39 is 22.9 Å². The number of benzene rings is 2. The fourth-order valence-electron chi connectivity index (χ4n) is 3.21. The van der Waals surface area contributed by atoms with Crippen LogP contribution in [0, 0.1) is 0 Å². The average Bonchev–Trinajstić information content (AvgIpc) is 2.81. The number of carbonyl (C=O) groups excluding carboxylic acids is 1. The van der Waals surface area contributed by atoms with Crippen molar-refractivity contribution in [1.29, 1.82) is 0 Å². The van der Waals surface area contributed by atoms with Crippen LogP contribution in [0.1, 0.15) is 29.9 Å². The number of methoxy groups -OCH3 is 3. The Kier molecular flexibility index (Phi) is 7.17. The molecule has 1 heterocycles. The molecular weight excluding hydrogens is 428 g/mol. The van der Waals surface area contributed by atoms with E-state index in [2.05, 4.69) is 10.4 Å². The van der Waals surface area contributed by atoms with Crippen LogP contribution in [0.25, 0.3) is 5.69 Å². The van der Waals surface area contributed by atoms with Gasteiger partial charge in [-0.1, -0.05) is 12.1 Å². The van der Waals surface area contributed by atoms with Gasteiger partial charge in [0.1, 0.15) is 5.75 Å². The number of ether oxygens (including phenoxy) is 3. The summed E-state index contributed by atoms with van der Waals surface area (Å²) in [4.78, 5) is 39.2. The maximum absolute atomic E-state index is 13.3. The Hall–Kier alpha value is -4.08. The summed E-state index contributed by atoms with van der Waals surface area (Å²) in [5.41, 5.74) is -0.959. The summed E-state index contributed by atoms with van der Waals surface area (Å²) >= 11 is 0. The molecule has 174 valence electrons. The molecule has 0 bridgehead atoms. The van der Waals surface area contributed by atoms with Crippen molar-refractivity contribution in [1.82, 2.24) is 19.7 Å². The van der Waals surface area contributed by atoms with Gasteiger partial charge < -0.3 is 19.5 Å². The minimum atomic E-state index is -0.794. The molecule has 0 atom stereocenters. The monoisotopic (exact) mass is 454 g/mol. The van der Waals surface area contributed by atoms with E-state index in [0.29, 0.717) is 28.5 Å². The van der Waals surface area contributed by atoms with Gasteiger partial charge in [0.2, 0.25) is 5.69 Å². The van der Waals surface area contributed by atoms with Crippen LogP contribution in [-0.2, 0) is 6.54 Å². The zero-order valence-electron chi connectivity index (χ0n) is 19.1. The van der Waals surface area contributed by atoms with E-state index in [0.717, 1.165) is 9.25 Å². The maximum atomic E-state index is 13.3. The number of hydrogen-bond acceptors (Lipinski definition) is 7. The third-order valence-corrected chi connectivity index (χ3v) is 4.78. The van der Waals surface area contributed by atoms with Crippen molar-refractivity contribution >= 4 is 5.91 Å². The molecule has 10 nitrogen and oxygen atoms in total. The Morgan fingerprint density at radius 2 is 1.73 bits per heavy atom. The number of nitrogens with one attached hydrogen (secondary N) is 1. The lowest BCUT2D eigenvalue weighted by Gasteiger charge is -2.15. The molecule has 0 saturated carbocycles.